The maximum absolute atomic E-state index is 13.1. The highest BCUT2D eigenvalue weighted by Gasteiger charge is 2.44. The lowest BCUT2D eigenvalue weighted by Crippen LogP contribution is -2.59. The Morgan fingerprint density at radius 2 is 1.86 bits per heavy atom. The van der Waals surface area contributed by atoms with Gasteiger partial charge in [-0.05, 0) is 18.1 Å². The smallest absolute Gasteiger partial charge is 0.198 e. The van der Waals surface area contributed by atoms with Crippen LogP contribution in [0.1, 0.15) is 29.8 Å². The van der Waals surface area contributed by atoms with Crippen LogP contribution in [0, 0.1) is 11.8 Å². The maximum Gasteiger partial charge on any atom is 0.198 e. The second-order valence-electron chi connectivity index (χ2n) is 9.01. The summed E-state index contributed by atoms with van der Waals surface area (Å²) < 4.78 is 12.8. The number of benzene rings is 2. The molecular weight excluding hydrogens is 362 g/mol. The summed E-state index contributed by atoms with van der Waals surface area (Å²) in [5, 5.41) is 0.963. The van der Waals surface area contributed by atoms with Gasteiger partial charge in [0.25, 0.3) is 0 Å². The highest BCUT2D eigenvalue weighted by atomic mass is 16.5. The van der Waals surface area contributed by atoms with Crippen molar-refractivity contribution in [2.24, 2.45) is 11.8 Å². The second kappa shape index (κ2) is 7.03. The number of fused-ring (bicyclic) bond motifs is 4. The van der Waals surface area contributed by atoms with Crippen molar-refractivity contribution in [3.05, 3.63) is 54.3 Å². The molecule has 3 saturated heterocycles. The van der Waals surface area contributed by atoms with Crippen LogP contribution in [-0.4, -0.2) is 44.1 Å². The number of carbonyl (C=O) groups excluding carboxylic acids is 1. The standard InChI is InChI=1S/C25H28NO3/c1-26-12-10-17(11-13-26)19(16-26)14-22(27)24-15-18-6-5-8-21(25(18)29-24)20-7-3-4-9-23(20)28-2/h3-9,15,17,19H,10-14,16H2,1-2H3/q+1/t17?,19-,26?/m0/s1. The van der Waals surface area contributed by atoms with E-state index in [0.29, 0.717) is 24.0 Å². The first kappa shape index (κ1) is 18.4. The van der Waals surface area contributed by atoms with Crippen molar-refractivity contribution >= 4 is 16.8 Å². The molecule has 0 radical (unpaired) electrons. The summed E-state index contributed by atoms with van der Waals surface area (Å²) in [5.41, 5.74) is 2.69. The van der Waals surface area contributed by atoms with Gasteiger partial charge in [-0.3, -0.25) is 4.79 Å². The molecule has 4 heteroatoms. The fourth-order valence-electron chi connectivity index (χ4n) is 5.43. The highest BCUT2D eigenvalue weighted by Crippen LogP contribution is 2.40. The van der Waals surface area contributed by atoms with Crippen LogP contribution in [0.4, 0.5) is 0 Å². The monoisotopic (exact) mass is 390 g/mol. The first-order chi connectivity index (χ1) is 14.1. The minimum atomic E-state index is 0.137. The molecule has 29 heavy (non-hydrogen) atoms. The van der Waals surface area contributed by atoms with Crippen LogP contribution in [-0.2, 0) is 0 Å². The molecule has 6 rings (SSSR count). The van der Waals surface area contributed by atoms with E-state index < -0.39 is 0 Å². The molecule has 2 bridgehead atoms. The van der Waals surface area contributed by atoms with Crippen molar-refractivity contribution in [3.8, 4) is 16.9 Å². The van der Waals surface area contributed by atoms with E-state index in [1.807, 2.05) is 48.5 Å². The van der Waals surface area contributed by atoms with Crippen LogP contribution in [0.25, 0.3) is 22.1 Å². The largest absolute Gasteiger partial charge is 0.496 e. The summed E-state index contributed by atoms with van der Waals surface area (Å²) in [6.45, 7) is 3.66. The average molecular weight is 391 g/mol. The Labute approximate surface area is 171 Å². The van der Waals surface area contributed by atoms with Gasteiger partial charge in [0.05, 0.1) is 33.8 Å². The van der Waals surface area contributed by atoms with Crippen LogP contribution < -0.4 is 4.74 Å². The maximum atomic E-state index is 13.1. The SMILES string of the molecule is COc1ccccc1-c1cccc2cc(C(=O)C[C@H]3C[N+]4(C)CCC3CC4)oc12. The van der Waals surface area contributed by atoms with E-state index in [2.05, 4.69) is 7.05 Å². The fourth-order valence-corrected chi connectivity index (χ4v) is 5.43. The zero-order valence-corrected chi connectivity index (χ0v) is 17.2. The Balaban J connectivity index is 1.45. The van der Waals surface area contributed by atoms with Gasteiger partial charge < -0.3 is 13.6 Å². The first-order valence-electron chi connectivity index (χ1n) is 10.6. The lowest BCUT2D eigenvalue weighted by Gasteiger charge is -2.50. The first-order valence-corrected chi connectivity index (χ1v) is 10.6. The zero-order chi connectivity index (χ0) is 20.0. The number of carbonyl (C=O) groups is 1. The molecule has 0 N–H and O–H groups in total. The second-order valence-corrected chi connectivity index (χ2v) is 9.01. The fraction of sp³-hybridized carbons (Fsp3) is 0.400. The van der Waals surface area contributed by atoms with Crippen molar-refractivity contribution in [2.75, 3.05) is 33.8 Å². The molecule has 3 aliphatic rings. The molecule has 0 spiro atoms. The molecule has 0 saturated carbocycles. The van der Waals surface area contributed by atoms with E-state index in [1.165, 1.54) is 25.9 Å². The van der Waals surface area contributed by atoms with Gasteiger partial charge in [-0.1, -0.05) is 36.4 Å². The van der Waals surface area contributed by atoms with Crippen LogP contribution >= 0.6 is 0 Å². The Bertz CT molecular complexity index is 1060. The quantitative estimate of drug-likeness (QED) is 0.446. The molecule has 3 aromatic rings. The number of para-hydroxylation sites is 2. The summed E-state index contributed by atoms with van der Waals surface area (Å²) in [4.78, 5) is 13.1. The van der Waals surface area contributed by atoms with Crippen LogP contribution in [0.2, 0.25) is 0 Å². The number of ether oxygens (including phenoxy) is 1. The van der Waals surface area contributed by atoms with Crippen LogP contribution in [0.5, 0.6) is 5.75 Å². The topological polar surface area (TPSA) is 39.4 Å². The van der Waals surface area contributed by atoms with Crippen molar-refractivity contribution in [3.63, 3.8) is 0 Å². The third-order valence-electron chi connectivity index (χ3n) is 7.09. The molecule has 3 aliphatic heterocycles. The Morgan fingerprint density at radius 1 is 1.10 bits per heavy atom. The van der Waals surface area contributed by atoms with Gasteiger partial charge in [0.15, 0.2) is 11.5 Å². The molecule has 1 atom stereocenters. The number of methoxy groups -OCH3 is 1. The summed E-state index contributed by atoms with van der Waals surface area (Å²) >= 11 is 0. The zero-order valence-electron chi connectivity index (χ0n) is 17.2. The molecule has 150 valence electrons. The highest BCUT2D eigenvalue weighted by molar-refractivity contribution is 6.01. The number of hydrogen-bond acceptors (Lipinski definition) is 3. The molecule has 4 heterocycles. The van der Waals surface area contributed by atoms with Gasteiger partial charge in [0, 0.05) is 41.7 Å². The van der Waals surface area contributed by atoms with Crippen molar-refractivity contribution < 1.29 is 18.4 Å². The molecule has 0 amide bonds. The van der Waals surface area contributed by atoms with Gasteiger partial charge >= 0.3 is 0 Å². The predicted octanol–water partition coefficient (Wildman–Crippen LogP) is 5.17. The van der Waals surface area contributed by atoms with E-state index in [-0.39, 0.29) is 5.78 Å². The lowest BCUT2D eigenvalue weighted by molar-refractivity contribution is -0.929. The molecule has 1 aromatic heterocycles. The number of rotatable bonds is 5. The lowest BCUT2D eigenvalue weighted by atomic mass is 9.75. The number of hydrogen-bond donors (Lipinski definition) is 0. The number of piperidine rings is 3. The van der Waals surface area contributed by atoms with E-state index >= 15 is 0 Å². The summed E-state index contributed by atoms with van der Waals surface area (Å²) in [6, 6.07) is 15.9. The molecule has 2 aromatic carbocycles. The van der Waals surface area contributed by atoms with Crippen LogP contribution in [0.3, 0.4) is 0 Å². The normalized spacial score (nSPS) is 26.0. The molecule has 4 nitrogen and oxygen atoms in total. The summed E-state index contributed by atoms with van der Waals surface area (Å²) in [5.74, 6) is 2.61. The third kappa shape index (κ3) is 3.25. The van der Waals surface area contributed by atoms with E-state index in [9.17, 15) is 4.79 Å². The molecule has 0 unspecified atom stereocenters. The van der Waals surface area contributed by atoms with Gasteiger partial charge in [-0.25, -0.2) is 0 Å². The molecule has 3 fully saturated rings. The summed E-state index contributed by atoms with van der Waals surface area (Å²) in [7, 11) is 4.01. The molecular formula is C25H28NO3+. The van der Waals surface area contributed by atoms with Crippen molar-refractivity contribution in [1.29, 1.82) is 0 Å². The van der Waals surface area contributed by atoms with Gasteiger partial charge in [0.1, 0.15) is 11.3 Å². The van der Waals surface area contributed by atoms with E-state index in [1.54, 1.807) is 7.11 Å². The van der Waals surface area contributed by atoms with Crippen molar-refractivity contribution in [1.82, 2.24) is 0 Å². The van der Waals surface area contributed by atoms with Gasteiger partial charge in [-0.2, -0.15) is 0 Å². The number of furan rings is 1. The number of ketones is 1. The Morgan fingerprint density at radius 3 is 2.62 bits per heavy atom. The Hall–Kier alpha value is -2.59. The average Bonchev–Trinajstić information content (AvgIpc) is 3.18. The number of Topliss-reactive ketones (excluding diaryl/α,β-unsaturated/α-hetero) is 1. The van der Waals surface area contributed by atoms with Crippen molar-refractivity contribution in [2.45, 2.75) is 19.3 Å². The third-order valence-corrected chi connectivity index (χ3v) is 7.09. The molecule has 0 aliphatic carbocycles. The van der Waals surface area contributed by atoms with Gasteiger partial charge in [0.2, 0.25) is 0 Å². The number of quaternary nitrogens is 1. The Kier molecular flexibility index (Phi) is 4.47. The minimum absolute atomic E-state index is 0.137. The number of nitrogens with zero attached hydrogens (tertiary/aromatic N) is 1. The van der Waals surface area contributed by atoms with E-state index in [4.69, 9.17) is 9.15 Å². The summed E-state index contributed by atoms with van der Waals surface area (Å²) in [6.07, 6.45) is 3.11. The predicted molar refractivity (Wildman–Crippen MR) is 114 cm³/mol. The minimum Gasteiger partial charge on any atom is -0.496 e. The van der Waals surface area contributed by atoms with Gasteiger partial charge in [-0.15, -0.1) is 0 Å². The van der Waals surface area contributed by atoms with Crippen LogP contribution in [0.15, 0.2) is 52.9 Å². The van der Waals surface area contributed by atoms with E-state index in [0.717, 1.165) is 38.9 Å².